The average Bonchev–Trinajstić information content (AvgIpc) is 3.03. The highest BCUT2D eigenvalue weighted by molar-refractivity contribution is 8.15. The minimum absolute atomic E-state index is 0.158. The first-order valence-corrected chi connectivity index (χ1v) is 9.68. The normalized spacial score (nSPS) is 24.5. The first-order chi connectivity index (χ1) is 10.8. The van der Waals surface area contributed by atoms with Gasteiger partial charge in [-0.15, -0.1) is 0 Å². The minimum Gasteiger partial charge on any atom is -0.291 e. The van der Waals surface area contributed by atoms with Crippen LogP contribution in [0.4, 0.5) is 0 Å². The summed E-state index contributed by atoms with van der Waals surface area (Å²) in [6.45, 7) is 2.89. The lowest BCUT2D eigenvalue weighted by molar-refractivity contribution is -0.125. The molecule has 8 heteroatoms. The van der Waals surface area contributed by atoms with Crippen molar-refractivity contribution in [3.63, 3.8) is 0 Å². The molecule has 2 amide bonds. The summed E-state index contributed by atoms with van der Waals surface area (Å²) in [6.07, 6.45) is 3.68. The monoisotopic (exact) mass is 340 g/mol. The lowest BCUT2D eigenvalue weighted by Crippen LogP contribution is -2.33. The van der Waals surface area contributed by atoms with Crippen LogP contribution >= 0.6 is 23.5 Å². The van der Waals surface area contributed by atoms with Gasteiger partial charge in [-0.3, -0.25) is 29.4 Å². The minimum atomic E-state index is 0.158. The van der Waals surface area contributed by atoms with E-state index in [4.69, 9.17) is 0 Å². The van der Waals surface area contributed by atoms with Crippen molar-refractivity contribution in [3.05, 3.63) is 0 Å². The fourth-order valence-electron chi connectivity index (χ4n) is 2.59. The summed E-state index contributed by atoms with van der Waals surface area (Å²) >= 11 is 3.08. The fourth-order valence-corrected chi connectivity index (χ4v) is 4.47. The molecule has 2 fully saturated rings. The molecule has 0 unspecified atom stereocenters. The molecule has 0 atom stereocenters. The molecule has 0 spiro atoms. The van der Waals surface area contributed by atoms with Gasteiger partial charge in [-0.2, -0.15) is 0 Å². The highest BCUT2D eigenvalue weighted by Gasteiger charge is 2.29. The summed E-state index contributed by atoms with van der Waals surface area (Å²) < 4.78 is 0. The van der Waals surface area contributed by atoms with Crippen molar-refractivity contribution in [2.45, 2.75) is 25.7 Å². The lowest BCUT2D eigenvalue weighted by atomic mass is 10.2. The van der Waals surface area contributed by atoms with E-state index >= 15 is 0 Å². The Labute approximate surface area is 138 Å². The van der Waals surface area contributed by atoms with Gasteiger partial charge in [0.25, 0.3) is 0 Å². The molecule has 0 bridgehead atoms. The van der Waals surface area contributed by atoms with Crippen LogP contribution in [-0.4, -0.2) is 69.6 Å². The molecule has 0 aromatic heterocycles. The van der Waals surface area contributed by atoms with Crippen LogP contribution in [0.5, 0.6) is 0 Å². The number of nitrogens with zero attached hydrogens (tertiary/aromatic N) is 4. The van der Waals surface area contributed by atoms with Crippen molar-refractivity contribution >= 4 is 45.7 Å². The maximum atomic E-state index is 11.9. The third-order valence-electron chi connectivity index (χ3n) is 3.79. The van der Waals surface area contributed by atoms with E-state index in [0.29, 0.717) is 24.6 Å². The van der Waals surface area contributed by atoms with Gasteiger partial charge in [-0.1, -0.05) is 23.5 Å². The fraction of sp³-hybridized carbons (Fsp3) is 0.714. The second-order valence-corrected chi connectivity index (χ2v) is 7.30. The van der Waals surface area contributed by atoms with Gasteiger partial charge in [0, 0.05) is 26.2 Å². The molecule has 3 aliphatic heterocycles. The van der Waals surface area contributed by atoms with Crippen molar-refractivity contribution < 1.29 is 9.59 Å². The second kappa shape index (κ2) is 7.50. The summed E-state index contributed by atoms with van der Waals surface area (Å²) in [5.74, 6) is 1.33. The summed E-state index contributed by atoms with van der Waals surface area (Å²) in [5.41, 5.74) is 0. The van der Waals surface area contributed by atoms with Crippen molar-refractivity contribution in [1.29, 1.82) is 0 Å². The second-order valence-electron chi connectivity index (χ2n) is 5.41. The smallest absolute Gasteiger partial charge is 0.239 e. The summed E-state index contributed by atoms with van der Waals surface area (Å²) in [7, 11) is 0. The Morgan fingerprint density at radius 3 is 1.64 bits per heavy atom. The molecule has 3 rings (SSSR count). The van der Waals surface area contributed by atoms with Gasteiger partial charge in [0.05, 0.1) is 11.5 Å². The van der Waals surface area contributed by atoms with E-state index in [-0.39, 0.29) is 11.8 Å². The molecular weight excluding hydrogens is 320 g/mol. The van der Waals surface area contributed by atoms with Crippen LogP contribution in [0, 0.1) is 0 Å². The molecular formula is C14H20N4O2S2. The third kappa shape index (κ3) is 3.65. The number of thioether (sulfide) groups is 2. The van der Waals surface area contributed by atoms with Crippen LogP contribution < -0.4 is 0 Å². The number of carbonyl (C=O) groups is 2. The van der Waals surface area contributed by atoms with Crippen molar-refractivity contribution in [3.8, 4) is 0 Å². The van der Waals surface area contributed by atoms with E-state index in [1.54, 1.807) is 23.5 Å². The van der Waals surface area contributed by atoms with Crippen LogP contribution in [0.2, 0.25) is 0 Å². The van der Waals surface area contributed by atoms with Crippen molar-refractivity contribution in [2.75, 3.05) is 37.7 Å². The van der Waals surface area contributed by atoms with Crippen LogP contribution in [0.25, 0.3) is 0 Å². The van der Waals surface area contributed by atoms with Crippen LogP contribution in [0.3, 0.4) is 0 Å². The molecule has 2 saturated heterocycles. The number of aliphatic imine (C=N–C) groups is 2. The highest BCUT2D eigenvalue weighted by Crippen LogP contribution is 2.22. The summed E-state index contributed by atoms with van der Waals surface area (Å²) in [6, 6.07) is 0. The Morgan fingerprint density at radius 2 is 1.18 bits per heavy atom. The number of hydrogen-bond acceptors (Lipinski definition) is 6. The summed E-state index contributed by atoms with van der Waals surface area (Å²) in [5, 5.41) is 1.75. The van der Waals surface area contributed by atoms with E-state index in [9.17, 15) is 9.59 Å². The largest absolute Gasteiger partial charge is 0.291 e. The first-order valence-electron chi connectivity index (χ1n) is 7.71. The van der Waals surface area contributed by atoms with Crippen LogP contribution in [0.15, 0.2) is 9.98 Å². The molecule has 0 aliphatic carbocycles. The van der Waals surface area contributed by atoms with Gasteiger partial charge in [0.15, 0.2) is 10.3 Å². The van der Waals surface area contributed by atoms with Crippen LogP contribution in [-0.2, 0) is 9.59 Å². The quantitative estimate of drug-likeness (QED) is 0.669. The standard InChI is InChI=1S/C14H20N4O2S2/c19-11-9-21-13-15-5-1-2-6-16-14-18(12(20)10-22-14)8-4-3-7-17(11)13/h1-10H2. The number of fused-ring (bicyclic) bond motifs is 2. The SMILES string of the molecule is O=C1CSC2=NCCCCN=C3SCC(=O)N3CCCCN12. The number of carbonyl (C=O) groups excluding carboxylic acids is 2. The molecule has 0 aromatic rings. The van der Waals surface area contributed by atoms with Gasteiger partial charge >= 0.3 is 0 Å². The summed E-state index contributed by atoms with van der Waals surface area (Å²) in [4.78, 5) is 36.6. The van der Waals surface area contributed by atoms with E-state index in [1.165, 1.54) is 0 Å². The van der Waals surface area contributed by atoms with E-state index in [1.807, 2.05) is 9.80 Å². The first kappa shape index (κ1) is 15.9. The van der Waals surface area contributed by atoms with Crippen molar-refractivity contribution in [2.24, 2.45) is 9.98 Å². The molecule has 0 radical (unpaired) electrons. The molecule has 0 aromatic carbocycles. The third-order valence-corrected chi connectivity index (χ3v) is 5.79. The van der Waals surface area contributed by atoms with Crippen molar-refractivity contribution in [1.82, 2.24) is 9.80 Å². The van der Waals surface area contributed by atoms with E-state index in [2.05, 4.69) is 9.98 Å². The Morgan fingerprint density at radius 1 is 0.727 bits per heavy atom. The Balaban J connectivity index is 1.66. The number of hydrogen-bond donors (Lipinski definition) is 0. The molecule has 120 valence electrons. The van der Waals surface area contributed by atoms with Gasteiger partial charge in [-0.05, 0) is 25.7 Å². The number of amidine groups is 2. The van der Waals surface area contributed by atoms with Gasteiger partial charge in [-0.25, -0.2) is 0 Å². The van der Waals surface area contributed by atoms with Gasteiger partial charge in [0.1, 0.15) is 0 Å². The van der Waals surface area contributed by atoms with Crippen LogP contribution in [0.1, 0.15) is 25.7 Å². The zero-order valence-electron chi connectivity index (χ0n) is 12.5. The average molecular weight is 340 g/mol. The zero-order valence-corrected chi connectivity index (χ0v) is 14.1. The highest BCUT2D eigenvalue weighted by atomic mass is 32.2. The lowest BCUT2D eigenvalue weighted by Gasteiger charge is -2.19. The topological polar surface area (TPSA) is 65.3 Å². The zero-order chi connectivity index (χ0) is 15.4. The van der Waals surface area contributed by atoms with Gasteiger partial charge < -0.3 is 0 Å². The molecule has 3 aliphatic rings. The van der Waals surface area contributed by atoms with Gasteiger partial charge in [0.2, 0.25) is 11.8 Å². The predicted octanol–water partition coefficient (Wildman–Crippen LogP) is 1.42. The molecule has 3 heterocycles. The Bertz CT molecular complexity index is 475. The van der Waals surface area contributed by atoms with E-state index in [0.717, 1.165) is 49.1 Å². The molecule has 0 saturated carbocycles. The molecule has 22 heavy (non-hydrogen) atoms. The van der Waals surface area contributed by atoms with E-state index < -0.39 is 0 Å². The Kier molecular flexibility index (Phi) is 5.41. The number of amides is 2. The molecule has 6 nitrogen and oxygen atoms in total. The maximum Gasteiger partial charge on any atom is 0.239 e. The number of rotatable bonds is 0. The maximum absolute atomic E-state index is 11.9. The predicted molar refractivity (Wildman–Crippen MR) is 91.4 cm³/mol. The molecule has 0 N–H and O–H groups in total. The Hall–Kier alpha value is -1.02.